The van der Waals surface area contributed by atoms with Gasteiger partial charge in [-0.15, -0.1) is 39.9 Å². The van der Waals surface area contributed by atoms with Gasteiger partial charge in [0.25, 0.3) is 11.8 Å². The van der Waals surface area contributed by atoms with E-state index in [1.165, 1.54) is 12.4 Å². The number of carbonyl (C=O) groups excluding carboxylic acids is 3. The molecule has 3 atom stereocenters. The van der Waals surface area contributed by atoms with Crippen LogP contribution >= 0.6 is 71.7 Å². The summed E-state index contributed by atoms with van der Waals surface area (Å²) in [6, 6.07) is 64.8. The molecule has 3 amide bonds. The molecule has 0 fully saturated rings. The molecule has 0 saturated heterocycles. The maximum atomic E-state index is 13.2. The standard InChI is InChI=1S/C30H24N4O3S.C22H17N5OS.C17H15N3OS.4ClH.3Pt/c35-26-10-4-1-7-21(26)17-31-19-25(32-18-22-8-2-5-11-27(22)36)29(37)33-23-15-13-20(14-16-23)30-34-24-9-3-6-12-28(24)38-30;28-21(18-13-24-20(26-18)17-6-3-4-12-23-17)25-15-10-8-14(9-11-15)22-27-16-5-1-2-7-19(16)29-22;1-11(10-18)16(21)19-13-8-6-12(7-9-13)17-20-14-4-2-3-5-15(14)22-17;;;;;;;/h1-18,25,35-36H,19H2,(H,33,37);1-12,18H,13H2,(H,24,26)(H,25,28);2-9,11,18H,1,10H2,(H,19,21);4*1H;;;/q;;-2;;;;;;+2;+4/p-4. The summed E-state index contributed by atoms with van der Waals surface area (Å²) in [5, 5.41) is 34.6. The van der Waals surface area contributed by atoms with Gasteiger partial charge in [0.05, 0.1) is 37.2 Å². The van der Waals surface area contributed by atoms with Crippen molar-refractivity contribution in [3.05, 3.63) is 248 Å². The van der Waals surface area contributed by atoms with Gasteiger partial charge in [-0.05, 0) is 146 Å². The van der Waals surface area contributed by atoms with Gasteiger partial charge in [0.15, 0.2) is 5.91 Å². The number of benzene rings is 8. The van der Waals surface area contributed by atoms with E-state index in [1.54, 1.807) is 88.7 Å². The number of nitrogens with one attached hydrogen (secondary N) is 5. The third-order valence-electron chi connectivity index (χ3n) is 13.7. The molecule has 3 unspecified atom stereocenters. The molecule has 0 spiro atoms. The molecule has 7 N–H and O–H groups in total. The Balaban J connectivity index is 0.000000181. The summed E-state index contributed by atoms with van der Waals surface area (Å²) in [6.45, 7) is 4.13. The van der Waals surface area contributed by atoms with Gasteiger partial charge in [0, 0.05) is 91.1 Å². The van der Waals surface area contributed by atoms with Crippen molar-refractivity contribution in [1.82, 2.24) is 25.3 Å². The van der Waals surface area contributed by atoms with Gasteiger partial charge in [-0.2, -0.15) is 6.54 Å². The Hall–Kier alpha value is -7.42. The Labute approximate surface area is 612 Å². The van der Waals surface area contributed by atoms with E-state index < -0.39 is 51.0 Å². The number of aliphatic imine (C=N–C) groups is 3. The van der Waals surface area contributed by atoms with Crippen LogP contribution in [0.15, 0.2) is 233 Å². The summed E-state index contributed by atoms with van der Waals surface area (Å²) in [5.74, 6) is -0.458. The van der Waals surface area contributed by atoms with E-state index in [0.29, 0.717) is 34.9 Å². The van der Waals surface area contributed by atoms with Crippen LogP contribution in [0, 0.1) is 12.8 Å². The quantitative estimate of drug-likeness (QED) is 0.0394. The molecule has 498 valence electrons. The predicted octanol–water partition coefficient (Wildman–Crippen LogP) is 16.8. The summed E-state index contributed by atoms with van der Waals surface area (Å²) in [4.78, 5) is 68.9. The van der Waals surface area contributed by atoms with E-state index in [1.807, 2.05) is 152 Å². The number of carbonyl (C=O) groups is 3. The average Bonchev–Trinajstić information content (AvgIpc) is 1.73. The second kappa shape index (κ2) is 38.5. The molecular formula is C69H56Cl4N12O5Pt3S3. The van der Waals surface area contributed by atoms with Crippen LogP contribution in [0.2, 0.25) is 0 Å². The minimum absolute atomic E-state index is 0. The van der Waals surface area contributed by atoms with Crippen LogP contribution in [-0.4, -0.2) is 97.9 Å². The van der Waals surface area contributed by atoms with Gasteiger partial charge in [0.2, 0.25) is 0 Å². The zero-order valence-corrected chi connectivity index (χ0v) is 62.2. The Kier molecular flexibility index (Phi) is 29.8. The number of hydrogen-bond acceptors (Lipinski definition) is 16. The molecule has 1 aliphatic rings. The average molecular weight is 1960 g/mol. The number of rotatable bonds is 16. The molecule has 96 heavy (non-hydrogen) atoms. The molecule has 1 aliphatic heterocycles. The van der Waals surface area contributed by atoms with Gasteiger partial charge in [0.1, 0.15) is 50.1 Å². The molecular weight excluding hydrogens is 1900 g/mol. The normalized spacial score (nSPS) is 12.9. The number of nitrogens with zero attached hydrogens (tertiary/aromatic N) is 7. The molecule has 0 saturated carbocycles. The molecule has 0 radical (unpaired) electrons. The minimum atomic E-state index is -0.861. The van der Waals surface area contributed by atoms with Crippen molar-refractivity contribution in [2.24, 2.45) is 20.9 Å². The zero-order valence-electron chi connectivity index (χ0n) is 49.9. The van der Waals surface area contributed by atoms with Gasteiger partial charge in [-0.1, -0.05) is 66.7 Å². The first-order chi connectivity index (χ1) is 46.3. The van der Waals surface area contributed by atoms with Crippen LogP contribution in [0.3, 0.4) is 0 Å². The van der Waals surface area contributed by atoms with Crippen molar-refractivity contribution in [1.29, 1.82) is 0 Å². The number of anilines is 3. The fraction of sp³-hybridized carbons (Fsp3) is 0.0870. The maximum absolute atomic E-state index is 13.2. The first kappa shape index (κ1) is 74.4. The van der Waals surface area contributed by atoms with Crippen LogP contribution in [0.1, 0.15) is 16.8 Å². The Morgan fingerprint density at radius 2 is 1.01 bits per heavy atom. The van der Waals surface area contributed by atoms with E-state index >= 15 is 0 Å². The van der Waals surface area contributed by atoms with E-state index in [2.05, 4.69) is 75.2 Å². The zero-order chi connectivity index (χ0) is 66.9. The van der Waals surface area contributed by atoms with E-state index in [-0.39, 0.29) is 63.4 Å². The number of para-hydroxylation sites is 5. The molecule has 12 aromatic rings. The van der Waals surface area contributed by atoms with Crippen LogP contribution in [0.25, 0.3) is 68.1 Å². The van der Waals surface area contributed by atoms with Crippen molar-refractivity contribution in [3.8, 4) is 43.2 Å². The van der Waals surface area contributed by atoms with Crippen molar-refractivity contribution in [2.75, 3.05) is 35.6 Å². The summed E-state index contributed by atoms with van der Waals surface area (Å²) in [7, 11) is 19.5. The van der Waals surface area contributed by atoms with E-state index in [0.717, 1.165) is 73.7 Å². The number of phenolic OH excluding ortho intramolecular Hbond substituents is 2. The predicted molar refractivity (Wildman–Crippen MR) is 385 cm³/mol. The fourth-order valence-corrected chi connectivity index (χ4v) is 11.8. The van der Waals surface area contributed by atoms with Crippen molar-refractivity contribution in [3.63, 3.8) is 0 Å². The molecule has 0 bridgehead atoms. The van der Waals surface area contributed by atoms with Gasteiger partial charge in [-0.3, -0.25) is 34.3 Å². The Morgan fingerprint density at radius 3 is 1.44 bits per heavy atom. The first-order valence-electron chi connectivity index (χ1n) is 28.6. The van der Waals surface area contributed by atoms with Crippen molar-refractivity contribution >= 4 is 155 Å². The van der Waals surface area contributed by atoms with Gasteiger partial charge >= 0.3 is 70.6 Å². The molecule has 27 heteroatoms. The van der Waals surface area contributed by atoms with Crippen LogP contribution in [-0.2, 0) is 68.4 Å². The number of amides is 3. The second-order valence-electron chi connectivity index (χ2n) is 20.1. The number of phenols is 2. The van der Waals surface area contributed by atoms with Gasteiger partial charge < -0.3 is 44.1 Å². The number of pyridine rings is 1. The monoisotopic (exact) mass is 1950 g/mol. The molecule has 4 aromatic heterocycles. The van der Waals surface area contributed by atoms with Crippen molar-refractivity contribution in [2.45, 2.75) is 12.1 Å². The number of aromatic hydroxyl groups is 2. The molecule has 13 rings (SSSR count). The third kappa shape index (κ3) is 21.5. The minimum Gasteiger partial charge on any atom is 0 e. The molecule has 5 heterocycles. The SMILES string of the molecule is O=C(Nc1ccc(-c2nc3ccccc3s2)cc1)C(CN=Cc1ccccc1O)N=Cc1ccccc1O.O=C(Nc1ccc(-c2nc3ccccc3s2)cc1)C1CNC(c2ccccn2)=N1.[CH2-]C(C[NH-])C(=O)Nc1ccc(-c2nc3ccccc3s2)cc1.[Cl][Pt+2][Cl].[Cl][Pt][Cl].[Pt]. The molecule has 17 nitrogen and oxygen atoms in total. The number of thiazole rings is 3. The van der Waals surface area contributed by atoms with Crippen LogP contribution in [0.5, 0.6) is 11.5 Å². The number of fused-ring (bicyclic) bond motifs is 3. The number of hydrogen-bond donors (Lipinski definition) is 6. The third-order valence-corrected chi connectivity index (χ3v) is 17.0. The summed E-state index contributed by atoms with van der Waals surface area (Å²) in [5.41, 5.74) is 17.0. The summed E-state index contributed by atoms with van der Waals surface area (Å²) < 4.78 is 3.44. The smallest absolute Gasteiger partial charge is 0 e. The summed E-state index contributed by atoms with van der Waals surface area (Å²) in [6.07, 6.45) is 4.68. The second-order valence-corrected chi connectivity index (χ2v) is 29.8. The largest absolute Gasteiger partial charge is 0 e. The number of amidine groups is 1. The first-order valence-corrected chi connectivity index (χ1v) is 42.3. The molecule has 0 aliphatic carbocycles. The Morgan fingerprint density at radius 1 is 0.604 bits per heavy atom. The van der Waals surface area contributed by atoms with Crippen LogP contribution in [0.4, 0.5) is 17.1 Å². The molecule has 8 aromatic carbocycles. The van der Waals surface area contributed by atoms with Gasteiger partial charge in [-0.25, -0.2) is 15.0 Å². The topological polar surface area (TPSA) is 252 Å². The maximum Gasteiger partial charge on any atom is 0 e. The number of aromatic nitrogens is 4. The number of halogens is 4. The van der Waals surface area contributed by atoms with Crippen molar-refractivity contribution < 1.29 is 78.6 Å². The van der Waals surface area contributed by atoms with E-state index in [9.17, 15) is 24.6 Å². The summed E-state index contributed by atoms with van der Waals surface area (Å²) >= 11 is 3.98. The van der Waals surface area contributed by atoms with E-state index in [4.69, 9.17) is 43.4 Å². The Bertz CT molecular complexity index is 4490. The fourth-order valence-electron chi connectivity index (χ4n) is 8.93. The van der Waals surface area contributed by atoms with Crippen LogP contribution < -0.4 is 21.3 Å².